The van der Waals surface area contributed by atoms with Gasteiger partial charge in [0.1, 0.15) is 90.3 Å². The number of likely N-dealkylation sites (tertiary alicyclic amines) is 2. The standard InChI is InChI=1S/C78H128N24O20S/c1-41(2)35-53(69(115)91-52(22-14-32-88-78(85)86)67(113)97-56(38-103)71(117)92-49(19-9-11-29-79)66(112)90-50(20-10-12-30-80)68(114)99-60(43(4)105)62(82)108)95-73(119)58-23-16-34-102(58)76(122)61(44(5)106)100-74(120)59-24-15-33-101(59)75(121)55(37-46-25-27-47(107)28-26-46)96-63(109)42(3)89-65(111)51(21-13-31-87-77(83)84)93-72(118)57(39-104)98-70(116)54(94-64(110)48(81)40-123)36-45-17-7-6-8-18-45/h6-8,17-18,25-28,41-44,48-61,103-107,123H,9-16,19-24,29-40,79-81H2,1-5H3,(H2,82,108)(H,89,111)(H,90,112)(H,91,115)(H,92,117)(H,93,118)(H,94,110)(H,95,119)(H,96,109)(H,97,113)(H,98,116)(H,99,114)(H,100,120)(H4,83,84,87)(H4,85,86,88)/t42-,43+,44+,48-,49-,50-,51-,52-,53-,54-,55+,56-,57-,58-,59-,60-,61-/m0/s1. The number of aliphatic hydroxyl groups excluding tert-OH is 4. The highest BCUT2D eigenvalue weighted by atomic mass is 32.1. The van der Waals surface area contributed by atoms with Gasteiger partial charge in [-0.05, 0) is 159 Å². The summed E-state index contributed by atoms with van der Waals surface area (Å²) in [6.45, 7) is 5.29. The summed E-state index contributed by atoms with van der Waals surface area (Å²) < 4.78 is 0. The first-order valence-electron chi connectivity index (χ1n) is 41.1. The number of hydrogen-bond donors (Lipinski definition) is 26. The summed E-state index contributed by atoms with van der Waals surface area (Å²) in [5.41, 5.74) is 45.9. The Morgan fingerprint density at radius 3 is 1.25 bits per heavy atom. The number of nitrogens with one attached hydrogen (secondary N) is 12. The van der Waals surface area contributed by atoms with Crippen molar-refractivity contribution in [3.63, 3.8) is 0 Å². The fourth-order valence-electron chi connectivity index (χ4n) is 13.5. The molecule has 44 nitrogen and oxygen atoms in total. The lowest BCUT2D eigenvalue weighted by Gasteiger charge is -2.33. The minimum atomic E-state index is -1.79. The summed E-state index contributed by atoms with van der Waals surface area (Å²) in [7, 11) is 0. The number of phenols is 1. The Labute approximate surface area is 719 Å². The monoisotopic (exact) mass is 1750 g/mol. The fourth-order valence-corrected chi connectivity index (χ4v) is 13.7. The smallest absolute Gasteiger partial charge is 0.248 e. The zero-order valence-corrected chi connectivity index (χ0v) is 71.1. The molecule has 17 atom stereocenters. The molecule has 0 saturated carbocycles. The molecule has 33 N–H and O–H groups in total. The second-order valence-corrected chi connectivity index (χ2v) is 31.2. The number of hydrogen-bond acceptors (Lipinski definition) is 26. The number of rotatable bonds is 54. The Balaban J connectivity index is 1.55. The van der Waals surface area contributed by atoms with Crippen LogP contribution in [-0.4, -0.2) is 297 Å². The molecular formula is C78H128N24O20S. The summed E-state index contributed by atoms with van der Waals surface area (Å²) in [5.74, 6) is -15.1. The summed E-state index contributed by atoms with van der Waals surface area (Å²) >= 11 is 4.06. The van der Waals surface area contributed by atoms with Crippen LogP contribution in [-0.2, 0) is 84.8 Å². The number of carbonyl (C=O) groups is 15. The summed E-state index contributed by atoms with van der Waals surface area (Å²) in [6.07, 6.45) is -1.95. The van der Waals surface area contributed by atoms with Crippen LogP contribution in [0.2, 0.25) is 0 Å². The van der Waals surface area contributed by atoms with Gasteiger partial charge in [0.25, 0.3) is 0 Å². The molecular weight excluding hydrogens is 1630 g/mol. The zero-order chi connectivity index (χ0) is 91.7. The molecule has 0 spiro atoms. The van der Waals surface area contributed by atoms with Gasteiger partial charge in [0.2, 0.25) is 88.6 Å². The van der Waals surface area contributed by atoms with Gasteiger partial charge in [-0.15, -0.1) is 0 Å². The van der Waals surface area contributed by atoms with Crippen molar-refractivity contribution in [3.8, 4) is 5.75 Å². The molecule has 45 heteroatoms. The molecule has 686 valence electrons. The predicted octanol–water partition coefficient (Wildman–Crippen LogP) is -9.10. The number of aromatic hydroxyl groups is 1. The van der Waals surface area contributed by atoms with Gasteiger partial charge in [0.05, 0.1) is 31.5 Å². The number of amides is 15. The lowest BCUT2D eigenvalue weighted by molar-refractivity contribution is -0.146. The minimum Gasteiger partial charge on any atom is -0.508 e. The Morgan fingerprint density at radius 2 is 0.821 bits per heavy atom. The Bertz CT molecular complexity index is 3900. The number of aliphatic imine (C=N–C) groups is 2. The van der Waals surface area contributed by atoms with E-state index in [0.29, 0.717) is 30.4 Å². The van der Waals surface area contributed by atoms with Crippen molar-refractivity contribution in [2.24, 2.45) is 61.8 Å². The Hall–Kier alpha value is -11.1. The van der Waals surface area contributed by atoms with Crippen LogP contribution in [0.15, 0.2) is 64.6 Å². The molecule has 2 aliphatic rings. The van der Waals surface area contributed by atoms with Crippen molar-refractivity contribution in [2.45, 2.75) is 247 Å². The average molecular weight is 1750 g/mol. The van der Waals surface area contributed by atoms with Crippen molar-refractivity contribution in [3.05, 3.63) is 65.7 Å². The first-order valence-corrected chi connectivity index (χ1v) is 41.7. The molecule has 2 fully saturated rings. The normalized spacial score (nSPS) is 17.3. The van der Waals surface area contributed by atoms with E-state index in [9.17, 15) is 92.7 Å². The molecule has 0 aromatic heterocycles. The van der Waals surface area contributed by atoms with E-state index in [0.717, 1.165) is 4.90 Å². The second kappa shape index (κ2) is 53.7. The molecule has 0 radical (unpaired) electrons. The maximum atomic E-state index is 15.0. The van der Waals surface area contributed by atoms with Gasteiger partial charge in [0, 0.05) is 44.8 Å². The molecule has 0 unspecified atom stereocenters. The lowest BCUT2D eigenvalue weighted by atomic mass is 10.0. The molecule has 15 amide bonds. The highest BCUT2D eigenvalue weighted by Gasteiger charge is 2.45. The first-order chi connectivity index (χ1) is 58.3. The maximum Gasteiger partial charge on any atom is 0.248 e. The van der Waals surface area contributed by atoms with Crippen molar-refractivity contribution in [1.82, 2.24) is 73.6 Å². The molecule has 4 rings (SSSR count). The van der Waals surface area contributed by atoms with Crippen molar-refractivity contribution in [2.75, 3.05) is 58.2 Å². The van der Waals surface area contributed by atoms with Crippen LogP contribution in [0.4, 0.5) is 0 Å². The summed E-state index contributed by atoms with van der Waals surface area (Å²) in [4.78, 5) is 221. The van der Waals surface area contributed by atoms with Crippen molar-refractivity contribution in [1.29, 1.82) is 0 Å². The highest BCUT2D eigenvalue weighted by molar-refractivity contribution is 7.80. The fraction of sp³-hybridized carbons (Fsp3) is 0.628. The summed E-state index contributed by atoms with van der Waals surface area (Å²) in [6, 6.07) is -7.96. The number of guanidine groups is 2. The van der Waals surface area contributed by atoms with Crippen LogP contribution in [0.1, 0.15) is 142 Å². The number of nitrogens with zero attached hydrogens (tertiary/aromatic N) is 4. The molecule has 2 saturated heterocycles. The SMILES string of the molecule is CC(C)C[C@H](NC(=O)[C@@H]1CCCN1C(=O)[C@@H](NC(=O)[C@@H]1CCCN1C(=O)[C@@H](Cc1ccc(O)cc1)NC(=O)[C@H](C)NC(=O)[C@H](CCCN=C(N)N)NC(=O)[C@H](CO)NC(=O)[C@H](Cc1ccccc1)NC(=O)[C@@H](N)CS)[C@@H](C)O)C(=O)N[C@@H](CCCN=C(N)N)C(=O)N[C@@H](CO)C(=O)N[C@@H](CCCCN)C(=O)N[C@@H](CCCCN)C(=O)N[C@H](C(N)=O)[C@@H](C)O. The van der Waals surface area contributed by atoms with E-state index in [1.54, 1.807) is 44.2 Å². The number of nitrogens with two attached hydrogens (primary N) is 8. The molecule has 2 aromatic carbocycles. The third-order valence-electron chi connectivity index (χ3n) is 20.3. The van der Waals surface area contributed by atoms with Gasteiger partial charge in [-0.25, -0.2) is 0 Å². The van der Waals surface area contributed by atoms with Gasteiger partial charge in [0.15, 0.2) is 11.9 Å². The van der Waals surface area contributed by atoms with Crippen molar-refractivity contribution >= 4 is 113 Å². The van der Waals surface area contributed by atoms with Gasteiger partial charge in [-0.2, -0.15) is 12.6 Å². The number of thiol groups is 1. The van der Waals surface area contributed by atoms with E-state index >= 15 is 4.79 Å². The number of benzene rings is 2. The number of carbonyl (C=O) groups excluding carboxylic acids is 15. The number of phenolic OH excluding ortho intramolecular Hbond substituents is 1. The van der Waals surface area contributed by atoms with E-state index in [1.165, 1.54) is 49.9 Å². The van der Waals surface area contributed by atoms with Crippen LogP contribution >= 0.6 is 12.6 Å². The molecule has 2 aliphatic heterocycles. The predicted molar refractivity (Wildman–Crippen MR) is 454 cm³/mol. The summed E-state index contributed by atoms with van der Waals surface area (Å²) in [5, 5.41) is 83.0. The largest absolute Gasteiger partial charge is 0.508 e. The topological polar surface area (TPSA) is 741 Å². The van der Waals surface area contributed by atoms with E-state index < -0.39 is 205 Å². The van der Waals surface area contributed by atoms with Crippen molar-refractivity contribution < 1.29 is 97.5 Å². The van der Waals surface area contributed by atoms with E-state index in [2.05, 4.69) is 86.4 Å². The van der Waals surface area contributed by atoms with E-state index in [1.807, 2.05) is 0 Å². The third kappa shape index (κ3) is 35.3. The van der Waals surface area contributed by atoms with Gasteiger partial charge in [-0.3, -0.25) is 81.9 Å². The van der Waals surface area contributed by atoms with Crippen LogP contribution in [0.5, 0.6) is 5.75 Å². The lowest BCUT2D eigenvalue weighted by Crippen LogP contribution is -2.62. The van der Waals surface area contributed by atoms with Crippen LogP contribution in [0, 0.1) is 5.92 Å². The third-order valence-corrected chi connectivity index (χ3v) is 20.7. The maximum absolute atomic E-state index is 15.0. The number of primary amides is 1. The van der Waals surface area contributed by atoms with E-state index in [-0.39, 0.29) is 158 Å². The highest BCUT2D eigenvalue weighted by Crippen LogP contribution is 2.25. The second-order valence-electron chi connectivity index (χ2n) is 30.8. The van der Waals surface area contributed by atoms with Crippen LogP contribution in [0.3, 0.4) is 0 Å². The average Bonchev–Trinajstić information content (AvgIpc) is 1.69. The first kappa shape index (κ1) is 104. The van der Waals surface area contributed by atoms with Gasteiger partial charge < -0.3 is 145 Å². The molecule has 0 bridgehead atoms. The van der Waals surface area contributed by atoms with Crippen LogP contribution in [0.25, 0.3) is 0 Å². The zero-order valence-electron chi connectivity index (χ0n) is 70.2. The van der Waals surface area contributed by atoms with Crippen LogP contribution < -0.4 is 110 Å². The van der Waals surface area contributed by atoms with E-state index in [4.69, 9.17) is 45.9 Å². The Morgan fingerprint density at radius 1 is 0.439 bits per heavy atom. The number of unbranched alkanes of at least 4 members (excludes halogenated alkanes) is 2. The molecule has 2 heterocycles. The van der Waals surface area contributed by atoms with Gasteiger partial charge >= 0.3 is 0 Å². The molecule has 0 aliphatic carbocycles. The minimum absolute atomic E-state index is 0.000239. The molecule has 2 aromatic rings. The Kier molecular flexibility index (Phi) is 45.5. The number of aliphatic hydroxyl groups is 4. The van der Waals surface area contributed by atoms with Gasteiger partial charge in [-0.1, -0.05) is 56.3 Å². The quantitative estimate of drug-likeness (QED) is 0.0127. The molecule has 123 heavy (non-hydrogen) atoms.